The Morgan fingerprint density at radius 2 is 2.33 bits per heavy atom. The van der Waals surface area contributed by atoms with Gasteiger partial charge < -0.3 is 15.5 Å². The van der Waals surface area contributed by atoms with Crippen molar-refractivity contribution in [2.24, 2.45) is 11.1 Å². The van der Waals surface area contributed by atoms with E-state index in [-0.39, 0.29) is 17.4 Å². The van der Waals surface area contributed by atoms with Gasteiger partial charge in [0.25, 0.3) is 5.91 Å². The van der Waals surface area contributed by atoms with Crippen LogP contribution >= 0.6 is 0 Å². The molecule has 0 saturated heterocycles. The first-order valence-corrected chi connectivity index (χ1v) is 5.12. The molecule has 0 aliphatic heterocycles. The fraction of sp³-hybridized carbons (Fsp3) is 0.545. The average molecular weight is 208 g/mol. The molecule has 1 aromatic heterocycles. The van der Waals surface area contributed by atoms with Crippen LogP contribution in [-0.2, 0) is 6.54 Å². The van der Waals surface area contributed by atoms with Crippen molar-refractivity contribution in [3.05, 3.63) is 23.7 Å². The summed E-state index contributed by atoms with van der Waals surface area (Å²) in [5.41, 5.74) is 5.63. The van der Waals surface area contributed by atoms with E-state index < -0.39 is 0 Å². The van der Waals surface area contributed by atoms with Gasteiger partial charge in [-0.1, -0.05) is 13.8 Å². The second-order valence-corrected chi connectivity index (χ2v) is 4.69. The van der Waals surface area contributed by atoms with Crippen LogP contribution in [0.15, 0.2) is 16.5 Å². The molecule has 3 N–H and O–H groups in total. The molecule has 1 saturated carbocycles. The number of hydrogen-bond acceptors (Lipinski definition) is 3. The summed E-state index contributed by atoms with van der Waals surface area (Å²) in [7, 11) is 0. The Morgan fingerprint density at radius 1 is 1.67 bits per heavy atom. The maximum Gasteiger partial charge on any atom is 0.287 e. The molecule has 0 radical (unpaired) electrons. The lowest BCUT2D eigenvalue weighted by atomic mass is 10.2. The standard InChI is InChI=1S/C11H16N2O2/c1-11(2)5-9(11)13-10(14)8-4-3-7(6-12)15-8/h3-4,9H,5-6,12H2,1-2H3,(H,13,14). The maximum absolute atomic E-state index is 11.7. The van der Waals surface area contributed by atoms with Gasteiger partial charge in [0.1, 0.15) is 5.76 Å². The third kappa shape index (κ3) is 2.04. The highest BCUT2D eigenvalue weighted by Gasteiger charge is 2.46. The summed E-state index contributed by atoms with van der Waals surface area (Å²) in [6.45, 7) is 4.58. The molecule has 0 aromatic carbocycles. The zero-order valence-corrected chi connectivity index (χ0v) is 9.04. The number of nitrogens with one attached hydrogen (secondary N) is 1. The van der Waals surface area contributed by atoms with E-state index in [0.717, 1.165) is 6.42 Å². The SMILES string of the molecule is CC1(C)CC1NC(=O)c1ccc(CN)o1. The zero-order valence-electron chi connectivity index (χ0n) is 9.04. The number of hydrogen-bond donors (Lipinski definition) is 2. The fourth-order valence-corrected chi connectivity index (χ4v) is 1.55. The summed E-state index contributed by atoms with van der Waals surface area (Å²) in [6, 6.07) is 3.66. The molecule has 0 bridgehead atoms. The van der Waals surface area contributed by atoms with E-state index in [2.05, 4.69) is 19.2 Å². The molecule has 1 atom stereocenters. The van der Waals surface area contributed by atoms with Crippen molar-refractivity contribution >= 4 is 5.91 Å². The zero-order chi connectivity index (χ0) is 11.1. The van der Waals surface area contributed by atoms with Gasteiger partial charge in [-0.15, -0.1) is 0 Å². The lowest BCUT2D eigenvalue weighted by molar-refractivity contribution is 0.0917. The number of carbonyl (C=O) groups is 1. The van der Waals surface area contributed by atoms with Crippen molar-refractivity contribution in [2.45, 2.75) is 32.9 Å². The Hall–Kier alpha value is -1.29. The molecule has 82 valence electrons. The summed E-state index contributed by atoms with van der Waals surface area (Å²) in [5, 5.41) is 2.92. The van der Waals surface area contributed by atoms with Crippen LogP contribution < -0.4 is 11.1 Å². The smallest absolute Gasteiger partial charge is 0.287 e. The minimum atomic E-state index is -0.148. The van der Waals surface area contributed by atoms with E-state index in [0.29, 0.717) is 18.1 Å². The average Bonchev–Trinajstić information content (AvgIpc) is 2.67. The summed E-state index contributed by atoms with van der Waals surface area (Å²) < 4.78 is 5.25. The van der Waals surface area contributed by atoms with Gasteiger partial charge in [0.05, 0.1) is 6.54 Å². The third-order valence-electron chi connectivity index (χ3n) is 2.91. The normalized spacial score (nSPS) is 22.5. The van der Waals surface area contributed by atoms with Gasteiger partial charge in [-0.05, 0) is 24.0 Å². The molecule has 1 aliphatic carbocycles. The lowest BCUT2D eigenvalue weighted by Gasteiger charge is -2.04. The summed E-state index contributed by atoms with van der Waals surface area (Å²) >= 11 is 0. The van der Waals surface area contributed by atoms with Gasteiger partial charge in [-0.3, -0.25) is 4.79 Å². The molecule has 1 aliphatic rings. The molecular weight excluding hydrogens is 192 g/mol. The maximum atomic E-state index is 11.7. The molecular formula is C11H16N2O2. The van der Waals surface area contributed by atoms with Crippen LogP contribution in [0.2, 0.25) is 0 Å². The fourth-order valence-electron chi connectivity index (χ4n) is 1.55. The second-order valence-electron chi connectivity index (χ2n) is 4.69. The van der Waals surface area contributed by atoms with Gasteiger partial charge >= 0.3 is 0 Å². The molecule has 1 unspecified atom stereocenters. The van der Waals surface area contributed by atoms with Crippen molar-refractivity contribution in [3.8, 4) is 0 Å². The Bertz CT molecular complexity index is 382. The number of furan rings is 1. The topological polar surface area (TPSA) is 68.3 Å². The number of amides is 1. The molecule has 1 fully saturated rings. The van der Waals surface area contributed by atoms with Gasteiger partial charge in [0, 0.05) is 6.04 Å². The summed E-state index contributed by atoms with van der Waals surface area (Å²) in [4.78, 5) is 11.7. The minimum Gasteiger partial charge on any atom is -0.455 e. The summed E-state index contributed by atoms with van der Waals surface area (Å²) in [6.07, 6.45) is 1.03. The van der Waals surface area contributed by atoms with E-state index in [1.807, 2.05) is 0 Å². The largest absolute Gasteiger partial charge is 0.455 e. The molecule has 1 heterocycles. The molecule has 4 heteroatoms. The number of carbonyl (C=O) groups excluding carboxylic acids is 1. The summed E-state index contributed by atoms with van der Waals surface area (Å²) in [5.74, 6) is 0.832. The van der Waals surface area contributed by atoms with Gasteiger partial charge in [0.15, 0.2) is 5.76 Å². The van der Waals surface area contributed by atoms with Gasteiger partial charge in [-0.2, -0.15) is 0 Å². The highest BCUT2D eigenvalue weighted by atomic mass is 16.4. The number of rotatable bonds is 3. The van der Waals surface area contributed by atoms with E-state index in [1.54, 1.807) is 12.1 Å². The number of nitrogens with two attached hydrogens (primary N) is 1. The molecule has 4 nitrogen and oxygen atoms in total. The highest BCUT2D eigenvalue weighted by Crippen LogP contribution is 2.44. The van der Waals surface area contributed by atoms with Gasteiger partial charge in [0.2, 0.25) is 0 Å². The van der Waals surface area contributed by atoms with Crippen molar-refractivity contribution in [2.75, 3.05) is 0 Å². The van der Waals surface area contributed by atoms with Crippen LogP contribution in [0.1, 0.15) is 36.6 Å². The Morgan fingerprint density at radius 3 is 2.80 bits per heavy atom. The van der Waals surface area contributed by atoms with Crippen molar-refractivity contribution in [3.63, 3.8) is 0 Å². The molecule has 0 spiro atoms. The van der Waals surface area contributed by atoms with Crippen LogP contribution in [-0.4, -0.2) is 11.9 Å². The molecule has 1 aromatic rings. The van der Waals surface area contributed by atoms with Crippen molar-refractivity contribution < 1.29 is 9.21 Å². The van der Waals surface area contributed by atoms with E-state index in [1.165, 1.54) is 0 Å². The van der Waals surface area contributed by atoms with Gasteiger partial charge in [-0.25, -0.2) is 0 Å². The first-order valence-electron chi connectivity index (χ1n) is 5.12. The second kappa shape index (κ2) is 3.38. The first-order chi connectivity index (χ1) is 7.03. The highest BCUT2D eigenvalue weighted by molar-refractivity contribution is 5.92. The molecule has 2 rings (SSSR count). The Kier molecular flexibility index (Phi) is 2.31. The Labute approximate surface area is 88.8 Å². The van der Waals surface area contributed by atoms with Crippen LogP contribution in [0.3, 0.4) is 0 Å². The van der Waals surface area contributed by atoms with Crippen LogP contribution in [0.5, 0.6) is 0 Å². The van der Waals surface area contributed by atoms with Crippen LogP contribution in [0.25, 0.3) is 0 Å². The van der Waals surface area contributed by atoms with E-state index in [9.17, 15) is 4.79 Å². The first kappa shape index (κ1) is 10.2. The Balaban J connectivity index is 1.97. The minimum absolute atomic E-state index is 0.148. The van der Waals surface area contributed by atoms with E-state index >= 15 is 0 Å². The lowest BCUT2D eigenvalue weighted by Crippen LogP contribution is -2.27. The van der Waals surface area contributed by atoms with Crippen molar-refractivity contribution in [1.29, 1.82) is 0 Å². The third-order valence-corrected chi connectivity index (χ3v) is 2.91. The predicted octanol–water partition coefficient (Wildman–Crippen LogP) is 1.27. The van der Waals surface area contributed by atoms with E-state index in [4.69, 9.17) is 10.2 Å². The van der Waals surface area contributed by atoms with Crippen LogP contribution in [0.4, 0.5) is 0 Å². The van der Waals surface area contributed by atoms with Crippen molar-refractivity contribution in [1.82, 2.24) is 5.32 Å². The predicted molar refractivity (Wildman–Crippen MR) is 56.3 cm³/mol. The van der Waals surface area contributed by atoms with Crippen LogP contribution in [0, 0.1) is 5.41 Å². The quantitative estimate of drug-likeness (QED) is 0.786. The molecule has 1 amide bonds. The molecule has 15 heavy (non-hydrogen) atoms. The monoisotopic (exact) mass is 208 g/mol.